The number of amides is 1. The van der Waals surface area contributed by atoms with E-state index in [9.17, 15) is 4.79 Å². The maximum absolute atomic E-state index is 12.7. The Morgan fingerprint density at radius 1 is 1.26 bits per heavy atom. The lowest BCUT2D eigenvalue weighted by Crippen LogP contribution is -2.31. The Morgan fingerprint density at radius 2 is 2.09 bits per heavy atom. The van der Waals surface area contributed by atoms with Crippen LogP contribution in [-0.4, -0.2) is 31.6 Å². The quantitative estimate of drug-likeness (QED) is 0.850. The van der Waals surface area contributed by atoms with Gasteiger partial charge in [0.05, 0.1) is 32.9 Å². The molecule has 1 saturated heterocycles. The number of benzene rings is 1. The number of likely N-dealkylation sites (tertiary alicyclic amines) is 1. The first kappa shape index (κ1) is 15.5. The first-order chi connectivity index (χ1) is 11.2. The Morgan fingerprint density at radius 3 is 2.78 bits per heavy atom. The largest absolute Gasteiger partial charge is 0.493 e. The van der Waals surface area contributed by atoms with Gasteiger partial charge in [0.2, 0.25) is 5.91 Å². The molecule has 1 aliphatic heterocycles. The fourth-order valence-electron chi connectivity index (χ4n) is 3.11. The molecule has 0 unspecified atom stereocenters. The topological polar surface area (TPSA) is 51.9 Å². The Hall–Kier alpha value is -2.43. The molecule has 0 saturated carbocycles. The van der Waals surface area contributed by atoms with E-state index < -0.39 is 0 Å². The standard InChI is InChI=1S/C18H21NO4/c1-21-16-8-7-13(11-17(16)22-2)12-18(20)19-9-3-5-14(19)15-6-4-10-23-15/h4,6-8,10-11,14H,3,5,9,12H2,1-2H3/t14-/m0/s1. The lowest BCUT2D eigenvalue weighted by molar-refractivity contribution is -0.131. The van der Waals surface area contributed by atoms with E-state index in [0.29, 0.717) is 17.9 Å². The molecule has 2 heterocycles. The molecule has 3 rings (SSSR count). The highest BCUT2D eigenvalue weighted by atomic mass is 16.5. The van der Waals surface area contributed by atoms with Crippen LogP contribution in [0.3, 0.4) is 0 Å². The molecule has 122 valence electrons. The van der Waals surface area contributed by atoms with Crippen LogP contribution in [0.1, 0.15) is 30.2 Å². The van der Waals surface area contributed by atoms with Crippen LogP contribution in [0.5, 0.6) is 11.5 Å². The highest BCUT2D eigenvalue weighted by Crippen LogP contribution is 2.33. The van der Waals surface area contributed by atoms with Gasteiger partial charge in [-0.15, -0.1) is 0 Å². The summed E-state index contributed by atoms with van der Waals surface area (Å²) >= 11 is 0. The lowest BCUT2D eigenvalue weighted by Gasteiger charge is -2.23. The number of carbonyl (C=O) groups is 1. The third-order valence-electron chi connectivity index (χ3n) is 4.25. The molecule has 0 radical (unpaired) electrons. The van der Waals surface area contributed by atoms with Gasteiger partial charge in [-0.05, 0) is 42.7 Å². The molecule has 1 aromatic carbocycles. The van der Waals surface area contributed by atoms with Crippen LogP contribution in [0.15, 0.2) is 41.0 Å². The first-order valence-electron chi connectivity index (χ1n) is 7.76. The van der Waals surface area contributed by atoms with Crippen molar-refractivity contribution < 1.29 is 18.7 Å². The number of methoxy groups -OCH3 is 2. The summed E-state index contributed by atoms with van der Waals surface area (Å²) in [4.78, 5) is 14.6. The predicted molar refractivity (Wildman–Crippen MR) is 85.6 cm³/mol. The van der Waals surface area contributed by atoms with E-state index in [0.717, 1.165) is 30.7 Å². The van der Waals surface area contributed by atoms with Crippen molar-refractivity contribution in [3.63, 3.8) is 0 Å². The van der Waals surface area contributed by atoms with Crippen LogP contribution in [0, 0.1) is 0 Å². The number of ether oxygens (including phenoxy) is 2. The molecular weight excluding hydrogens is 294 g/mol. The van der Waals surface area contributed by atoms with E-state index in [2.05, 4.69) is 0 Å². The average Bonchev–Trinajstić information content (AvgIpc) is 3.25. The minimum Gasteiger partial charge on any atom is -0.493 e. The predicted octanol–water partition coefficient (Wildman–Crippen LogP) is 3.20. The van der Waals surface area contributed by atoms with Crippen molar-refractivity contribution in [1.29, 1.82) is 0 Å². The Balaban J connectivity index is 1.74. The molecule has 1 atom stereocenters. The maximum atomic E-state index is 12.7. The molecule has 5 heteroatoms. The molecule has 1 amide bonds. The van der Waals surface area contributed by atoms with Crippen LogP contribution in [0.2, 0.25) is 0 Å². The number of rotatable bonds is 5. The van der Waals surface area contributed by atoms with E-state index in [1.54, 1.807) is 20.5 Å². The summed E-state index contributed by atoms with van der Waals surface area (Å²) in [5, 5.41) is 0. The monoisotopic (exact) mass is 315 g/mol. The second-order valence-electron chi connectivity index (χ2n) is 5.63. The van der Waals surface area contributed by atoms with Gasteiger partial charge in [0, 0.05) is 6.54 Å². The summed E-state index contributed by atoms with van der Waals surface area (Å²) in [6, 6.07) is 9.44. The zero-order valence-electron chi connectivity index (χ0n) is 13.5. The third kappa shape index (κ3) is 3.18. The summed E-state index contributed by atoms with van der Waals surface area (Å²) in [6.07, 6.45) is 3.95. The van der Waals surface area contributed by atoms with Crippen LogP contribution in [-0.2, 0) is 11.2 Å². The van der Waals surface area contributed by atoms with Gasteiger partial charge in [0.1, 0.15) is 5.76 Å². The molecule has 0 bridgehead atoms. The summed E-state index contributed by atoms with van der Waals surface area (Å²) < 4.78 is 16.0. The van der Waals surface area contributed by atoms with Crippen molar-refractivity contribution in [2.45, 2.75) is 25.3 Å². The molecule has 1 aromatic heterocycles. The van der Waals surface area contributed by atoms with Gasteiger partial charge in [-0.3, -0.25) is 4.79 Å². The highest BCUT2D eigenvalue weighted by Gasteiger charge is 2.31. The highest BCUT2D eigenvalue weighted by molar-refractivity contribution is 5.79. The minimum atomic E-state index is 0.0534. The van der Waals surface area contributed by atoms with Gasteiger partial charge in [-0.2, -0.15) is 0 Å². The smallest absolute Gasteiger partial charge is 0.227 e. The first-order valence-corrected chi connectivity index (χ1v) is 7.76. The molecular formula is C18H21NO4. The average molecular weight is 315 g/mol. The molecule has 1 aliphatic rings. The van der Waals surface area contributed by atoms with Gasteiger partial charge < -0.3 is 18.8 Å². The van der Waals surface area contributed by atoms with E-state index >= 15 is 0 Å². The van der Waals surface area contributed by atoms with Crippen molar-refractivity contribution in [3.05, 3.63) is 47.9 Å². The summed E-state index contributed by atoms with van der Waals surface area (Å²) in [6.45, 7) is 0.775. The van der Waals surface area contributed by atoms with E-state index in [1.165, 1.54) is 0 Å². The number of nitrogens with zero attached hydrogens (tertiary/aromatic N) is 1. The van der Waals surface area contributed by atoms with Crippen molar-refractivity contribution >= 4 is 5.91 Å². The van der Waals surface area contributed by atoms with Crippen molar-refractivity contribution in [3.8, 4) is 11.5 Å². The van der Waals surface area contributed by atoms with E-state index in [4.69, 9.17) is 13.9 Å². The Kier molecular flexibility index (Phi) is 4.55. The Labute approximate surface area is 135 Å². The number of carbonyl (C=O) groups excluding carboxylic acids is 1. The number of hydrogen-bond acceptors (Lipinski definition) is 4. The van der Waals surface area contributed by atoms with Crippen LogP contribution < -0.4 is 9.47 Å². The minimum absolute atomic E-state index is 0.0534. The molecule has 1 fully saturated rings. The molecule has 0 spiro atoms. The van der Waals surface area contributed by atoms with E-state index in [1.807, 2.05) is 35.2 Å². The summed E-state index contributed by atoms with van der Waals surface area (Å²) in [5.41, 5.74) is 0.915. The fourth-order valence-corrected chi connectivity index (χ4v) is 3.11. The Bertz CT molecular complexity index is 666. The molecule has 5 nitrogen and oxygen atoms in total. The van der Waals surface area contributed by atoms with Crippen molar-refractivity contribution in [2.24, 2.45) is 0 Å². The van der Waals surface area contributed by atoms with Gasteiger partial charge in [0.25, 0.3) is 0 Å². The van der Waals surface area contributed by atoms with Crippen LogP contribution >= 0.6 is 0 Å². The van der Waals surface area contributed by atoms with Gasteiger partial charge >= 0.3 is 0 Å². The van der Waals surface area contributed by atoms with Crippen molar-refractivity contribution in [1.82, 2.24) is 4.90 Å². The summed E-state index contributed by atoms with van der Waals surface area (Å²) in [7, 11) is 3.19. The SMILES string of the molecule is COc1ccc(CC(=O)N2CCC[C@H]2c2ccco2)cc1OC. The third-order valence-corrected chi connectivity index (χ3v) is 4.25. The van der Waals surface area contributed by atoms with Gasteiger partial charge in [-0.25, -0.2) is 0 Å². The zero-order valence-corrected chi connectivity index (χ0v) is 13.5. The van der Waals surface area contributed by atoms with Gasteiger partial charge in [0.15, 0.2) is 11.5 Å². The van der Waals surface area contributed by atoms with E-state index in [-0.39, 0.29) is 11.9 Å². The molecule has 0 N–H and O–H groups in total. The lowest BCUT2D eigenvalue weighted by atomic mass is 10.1. The number of furan rings is 1. The van der Waals surface area contributed by atoms with Crippen LogP contribution in [0.4, 0.5) is 0 Å². The zero-order chi connectivity index (χ0) is 16.2. The van der Waals surface area contributed by atoms with Crippen molar-refractivity contribution in [2.75, 3.05) is 20.8 Å². The molecule has 2 aromatic rings. The molecule has 0 aliphatic carbocycles. The van der Waals surface area contributed by atoms with Crippen LogP contribution in [0.25, 0.3) is 0 Å². The second-order valence-corrected chi connectivity index (χ2v) is 5.63. The molecule has 23 heavy (non-hydrogen) atoms. The van der Waals surface area contributed by atoms with Gasteiger partial charge in [-0.1, -0.05) is 6.07 Å². The normalized spacial score (nSPS) is 17.3. The number of hydrogen-bond donors (Lipinski definition) is 0. The fraction of sp³-hybridized carbons (Fsp3) is 0.389. The summed E-state index contributed by atoms with van der Waals surface area (Å²) in [5.74, 6) is 2.28. The maximum Gasteiger partial charge on any atom is 0.227 e. The second kappa shape index (κ2) is 6.77.